The monoisotopic (exact) mass is 198 g/mol. The molecule has 66 valence electrons. The summed E-state index contributed by atoms with van der Waals surface area (Å²) in [5.74, 6) is 0. The van der Waals surface area contributed by atoms with Crippen LogP contribution in [0.5, 0.6) is 0 Å². The fraction of sp³-hybridized carbons (Fsp3) is 0. The van der Waals surface area contributed by atoms with E-state index in [1.807, 2.05) is 0 Å². The lowest BCUT2D eigenvalue weighted by atomic mass is 10.3. The third kappa shape index (κ3) is 0.937. The molecule has 0 saturated carbocycles. The largest absolute Gasteiger partial charge is 0.364 e. The van der Waals surface area contributed by atoms with Gasteiger partial charge >= 0.3 is 11.4 Å². The minimum Gasteiger partial charge on any atom is -0.258 e. The second kappa shape index (κ2) is 2.36. The van der Waals surface area contributed by atoms with Crippen LogP contribution < -0.4 is 0 Å². The summed E-state index contributed by atoms with van der Waals surface area (Å²) in [7, 11) is 0. The van der Waals surface area contributed by atoms with Gasteiger partial charge in [0.2, 0.25) is 0 Å². The molecular formula is C6H2N2O4S. The van der Waals surface area contributed by atoms with Crippen molar-refractivity contribution >= 4 is 32.1 Å². The first-order valence-corrected chi connectivity index (χ1v) is 4.06. The van der Waals surface area contributed by atoms with Gasteiger partial charge < -0.3 is 0 Å². The maximum Gasteiger partial charge on any atom is 0.364 e. The van der Waals surface area contributed by atoms with E-state index in [0.717, 1.165) is 11.3 Å². The van der Waals surface area contributed by atoms with Crippen LogP contribution in [0.25, 0.3) is 9.40 Å². The van der Waals surface area contributed by atoms with Crippen molar-refractivity contribution in [3.8, 4) is 0 Å². The molecule has 2 rings (SSSR count). The van der Waals surface area contributed by atoms with Gasteiger partial charge in [-0.25, -0.2) is 0 Å². The molecule has 0 amide bonds. The summed E-state index contributed by atoms with van der Waals surface area (Å²) in [5.41, 5.74) is -0.764. The highest BCUT2D eigenvalue weighted by atomic mass is 32.1. The van der Waals surface area contributed by atoms with Gasteiger partial charge in [0, 0.05) is 0 Å². The smallest absolute Gasteiger partial charge is 0.258 e. The number of hydrogen-bond donors (Lipinski definition) is 0. The van der Waals surface area contributed by atoms with Crippen LogP contribution in [-0.2, 0) is 0 Å². The molecule has 6 nitrogen and oxygen atoms in total. The van der Waals surface area contributed by atoms with Gasteiger partial charge in [-0.15, -0.1) is 11.3 Å². The summed E-state index contributed by atoms with van der Waals surface area (Å²) in [6, 6.07) is 3.04. The lowest BCUT2D eigenvalue weighted by Crippen LogP contribution is -1.94. The van der Waals surface area contributed by atoms with Crippen LogP contribution in [0.4, 0.5) is 11.4 Å². The van der Waals surface area contributed by atoms with Crippen molar-refractivity contribution in [2.24, 2.45) is 0 Å². The zero-order valence-corrected chi connectivity index (χ0v) is 6.91. The van der Waals surface area contributed by atoms with Crippen LogP contribution in [-0.4, -0.2) is 9.85 Å². The Morgan fingerprint density at radius 3 is 1.69 bits per heavy atom. The number of fused-ring (bicyclic) bond motifs is 2. The van der Waals surface area contributed by atoms with Gasteiger partial charge in [0.25, 0.3) is 0 Å². The van der Waals surface area contributed by atoms with Gasteiger partial charge in [0.15, 0.2) is 0 Å². The van der Waals surface area contributed by atoms with E-state index in [1.165, 1.54) is 12.1 Å². The highest BCUT2D eigenvalue weighted by Gasteiger charge is 2.33. The van der Waals surface area contributed by atoms with E-state index >= 15 is 0 Å². The zero-order valence-electron chi connectivity index (χ0n) is 6.09. The van der Waals surface area contributed by atoms with Gasteiger partial charge in [0.05, 0.1) is 9.85 Å². The molecule has 0 aliphatic heterocycles. The second-order valence-corrected chi connectivity index (χ2v) is 3.46. The van der Waals surface area contributed by atoms with Crippen molar-refractivity contribution in [2.75, 3.05) is 0 Å². The van der Waals surface area contributed by atoms with E-state index in [0.29, 0.717) is 9.40 Å². The summed E-state index contributed by atoms with van der Waals surface area (Å²) >= 11 is 1.07. The van der Waals surface area contributed by atoms with Crippen molar-refractivity contribution in [1.82, 2.24) is 0 Å². The maximum absolute atomic E-state index is 10.5. The Morgan fingerprint density at radius 2 is 1.38 bits per heavy atom. The molecule has 2 aromatic heterocycles. The Balaban J connectivity index is 2.80. The molecule has 2 bridgehead atoms. The molecule has 13 heavy (non-hydrogen) atoms. The first-order chi connectivity index (χ1) is 6.11. The first-order valence-electron chi connectivity index (χ1n) is 3.25. The lowest BCUT2D eigenvalue weighted by Gasteiger charge is -1.89. The Bertz CT molecular complexity index is 448. The molecule has 0 radical (unpaired) electrons. The summed E-state index contributed by atoms with van der Waals surface area (Å²) in [4.78, 5) is 19.5. The number of nitro groups is 2. The van der Waals surface area contributed by atoms with Crippen LogP contribution in [0, 0.1) is 20.2 Å². The molecule has 2 heterocycles. The molecule has 0 aliphatic rings. The van der Waals surface area contributed by atoms with Gasteiger partial charge in [-0.3, -0.25) is 20.2 Å². The van der Waals surface area contributed by atoms with Gasteiger partial charge in [-0.05, 0) is 12.1 Å². The Labute approximate surface area is 75.0 Å². The molecule has 0 aromatic carbocycles. The predicted molar refractivity (Wildman–Crippen MR) is 46.3 cm³/mol. The van der Waals surface area contributed by atoms with Gasteiger partial charge in [0.1, 0.15) is 9.40 Å². The summed E-state index contributed by atoms with van der Waals surface area (Å²) in [5, 5.41) is 20.9. The van der Waals surface area contributed by atoms with Crippen LogP contribution in [0.1, 0.15) is 0 Å². The molecule has 0 spiro atoms. The number of hydrogen-bond acceptors (Lipinski definition) is 5. The van der Waals surface area contributed by atoms with E-state index in [9.17, 15) is 20.2 Å². The molecule has 0 saturated heterocycles. The second-order valence-electron chi connectivity index (χ2n) is 2.38. The van der Waals surface area contributed by atoms with E-state index in [1.54, 1.807) is 0 Å². The summed E-state index contributed by atoms with van der Waals surface area (Å²) in [6.45, 7) is 0. The standard InChI is InChI=1S/C6H2N2O4S/c9-7(10)5-3-1-2-4(13-3)6(5)8(11)12/h1-2H. The SMILES string of the molecule is O=[N+]([O-])c1c([N+](=O)[O-])c2ccc1s2. The third-order valence-electron chi connectivity index (χ3n) is 1.66. The zero-order chi connectivity index (χ0) is 9.59. The highest BCUT2D eigenvalue weighted by molar-refractivity contribution is 7.25. The molecule has 0 fully saturated rings. The average molecular weight is 198 g/mol. The Morgan fingerprint density at radius 1 is 1.00 bits per heavy atom. The molecule has 0 N–H and O–H groups in total. The lowest BCUT2D eigenvalue weighted by molar-refractivity contribution is -0.419. The Kier molecular flexibility index (Phi) is 1.43. The van der Waals surface area contributed by atoms with E-state index in [-0.39, 0.29) is 11.4 Å². The molecule has 0 unspecified atom stereocenters. The minimum absolute atomic E-state index is 0.353. The van der Waals surface area contributed by atoms with Crippen LogP contribution in [0.2, 0.25) is 0 Å². The van der Waals surface area contributed by atoms with Gasteiger partial charge in [-0.2, -0.15) is 0 Å². The number of thiophene rings is 2. The Hall–Kier alpha value is -1.76. The number of nitrogens with zero attached hydrogens (tertiary/aromatic N) is 2. The van der Waals surface area contributed by atoms with Crippen molar-refractivity contribution in [3.05, 3.63) is 32.4 Å². The summed E-state index contributed by atoms with van der Waals surface area (Å²) < 4.78 is 0.707. The third-order valence-corrected chi connectivity index (χ3v) is 2.76. The predicted octanol–water partition coefficient (Wildman–Crippen LogP) is 2.16. The molecule has 2 aromatic rings. The van der Waals surface area contributed by atoms with Crippen LogP contribution in [0.3, 0.4) is 0 Å². The first kappa shape index (κ1) is 7.87. The van der Waals surface area contributed by atoms with Crippen molar-refractivity contribution in [1.29, 1.82) is 0 Å². The topological polar surface area (TPSA) is 86.3 Å². The molecular weight excluding hydrogens is 196 g/mol. The average Bonchev–Trinajstić information content (AvgIpc) is 2.60. The van der Waals surface area contributed by atoms with Crippen molar-refractivity contribution in [2.45, 2.75) is 0 Å². The normalized spacial score (nSPS) is 10.8. The number of nitro benzene ring substituents is 2. The van der Waals surface area contributed by atoms with Crippen LogP contribution in [0.15, 0.2) is 12.1 Å². The van der Waals surface area contributed by atoms with E-state index < -0.39 is 9.85 Å². The van der Waals surface area contributed by atoms with Crippen molar-refractivity contribution in [3.63, 3.8) is 0 Å². The quantitative estimate of drug-likeness (QED) is 0.546. The summed E-state index contributed by atoms with van der Waals surface area (Å²) in [6.07, 6.45) is 0. The molecule has 7 heteroatoms. The van der Waals surface area contributed by atoms with Crippen molar-refractivity contribution < 1.29 is 9.85 Å². The fourth-order valence-electron chi connectivity index (χ4n) is 1.18. The maximum atomic E-state index is 10.5. The highest BCUT2D eigenvalue weighted by Crippen LogP contribution is 2.45. The fourth-order valence-corrected chi connectivity index (χ4v) is 2.22. The molecule has 0 aliphatic carbocycles. The minimum atomic E-state index is -0.711. The number of rotatable bonds is 2. The van der Waals surface area contributed by atoms with Crippen LogP contribution >= 0.6 is 11.3 Å². The van der Waals surface area contributed by atoms with Gasteiger partial charge in [-0.1, -0.05) is 0 Å². The number of benzene rings is 1. The molecule has 0 atom stereocenters. The van der Waals surface area contributed by atoms with E-state index in [4.69, 9.17) is 0 Å². The van der Waals surface area contributed by atoms with E-state index in [2.05, 4.69) is 0 Å².